The molecule has 0 radical (unpaired) electrons. The first-order valence-corrected chi connectivity index (χ1v) is 19.2. The third-order valence-electron chi connectivity index (χ3n) is 11.2. The number of nitrogens with zero attached hydrogens (tertiary/aromatic N) is 1. The molecule has 0 saturated heterocycles. The molecule has 2 nitrogen and oxygen atoms in total. The topological polar surface area (TPSA) is 16.4 Å². The molecule has 11 rings (SSSR count). The summed E-state index contributed by atoms with van der Waals surface area (Å²) in [6.07, 6.45) is 0. The minimum Gasteiger partial charge on any atom is -0.456 e. The van der Waals surface area contributed by atoms with E-state index in [1.807, 2.05) is 6.07 Å². The summed E-state index contributed by atoms with van der Waals surface area (Å²) in [5.41, 5.74) is 12.0. The predicted molar refractivity (Wildman–Crippen MR) is 237 cm³/mol. The summed E-state index contributed by atoms with van der Waals surface area (Å²) in [5.74, 6) is 0. The Labute approximate surface area is 325 Å². The van der Waals surface area contributed by atoms with Crippen molar-refractivity contribution in [1.29, 1.82) is 0 Å². The van der Waals surface area contributed by atoms with Gasteiger partial charge in [-0.3, -0.25) is 0 Å². The molecule has 11 aromatic rings. The maximum atomic E-state index is 6.45. The Hall–Kier alpha value is -7.42. The Balaban J connectivity index is 1.08. The van der Waals surface area contributed by atoms with Gasteiger partial charge in [-0.1, -0.05) is 170 Å². The third kappa shape index (κ3) is 5.34. The van der Waals surface area contributed by atoms with E-state index in [0.29, 0.717) is 0 Å². The van der Waals surface area contributed by atoms with Gasteiger partial charge in [0.1, 0.15) is 11.2 Å². The van der Waals surface area contributed by atoms with E-state index in [0.717, 1.165) is 50.1 Å². The lowest BCUT2D eigenvalue weighted by molar-refractivity contribution is 0.669. The number of rotatable bonds is 6. The van der Waals surface area contributed by atoms with Crippen LogP contribution in [0.2, 0.25) is 0 Å². The molecule has 0 spiro atoms. The molecule has 0 atom stereocenters. The fraction of sp³-hybridized carbons (Fsp3) is 0. The molecule has 1 aromatic heterocycles. The molecular weight excluding hydrogens is 679 g/mol. The number of para-hydroxylation sites is 2. The molecular formula is C54H35NO. The fourth-order valence-electron chi connectivity index (χ4n) is 8.58. The number of furan rings is 1. The minimum atomic E-state index is 0.865. The maximum absolute atomic E-state index is 6.45. The van der Waals surface area contributed by atoms with Crippen LogP contribution in [0.4, 0.5) is 17.1 Å². The maximum Gasteiger partial charge on any atom is 0.137 e. The quantitative estimate of drug-likeness (QED) is 0.160. The Morgan fingerprint density at radius 3 is 1.75 bits per heavy atom. The number of benzene rings is 10. The van der Waals surface area contributed by atoms with Crippen molar-refractivity contribution in [1.82, 2.24) is 0 Å². The van der Waals surface area contributed by atoms with Gasteiger partial charge in [0.15, 0.2) is 0 Å². The molecule has 0 amide bonds. The molecule has 0 fully saturated rings. The highest BCUT2D eigenvalue weighted by atomic mass is 16.3. The summed E-state index contributed by atoms with van der Waals surface area (Å²) in [7, 11) is 0. The summed E-state index contributed by atoms with van der Waals surface area (Å²) in [5, 5.41) is 9.72. The lowest BCUT2D eigenvalue weighted by Gasteiger charge is -2.29. The predicted octanol–water partition coefficient (Wildman–Crippen LogP) is 15.5. The first kappa shape index (κ1) is 32.0. The van der Waals surface area contributed by atoms with E-state index >= 15 is 0 Å². The van der Waals surface area contributed by atoms with Crippen molar-refractivity contribution < 1.29 is 4.42 Å². The highest BCUT2D eigenvalue weighted by Gasteiger charge is 2.22. The lowest BCUT2D eigenvalue weighted by atomic mass is 9.95. The Morgan fingerprint density at radius 2 is 0.875 bits per heavy atom. The number of hydrogen-bond acceptors (Lipinski definition) is 2. The summed E-state index contributed by atoms with van der Waals surface area (Å²) >= 11 is 0. The number of anilines is 3. The van der Waals surface area contributed by atoms with Crippen molar-refractivity contribution >= 4 is 71.3 Å². The summed E-state index contributed by atoms with van der Waals surface area (Å²) < 4.78 is 6.45. The zero-order chi connectivity index (χ0) is 37.0. The van der Waals surface area contributed by atoms with Crippen LogP contribution in [-0.4, -0.2) is 0 Å². The Morgan fingerprint density at radius 1 is 0.304 bits per heavy atom. The van der Waals surface area contributed by atoms with Gasteiger partial charge in [-0.15, -0.1) is 0 Å². The van der Waals surface area contributed by atoms with E-state index in [-0.39, 0.29) is 0 Å². The zero-order valence-electron chi connectivity index (χ0n) is 30.6. The van der Waals surface area contributed by atoms with E-state index in [1.165, 1.54) is 54.6 Å². The second kappa shape index (κ2) is 13.2. The van der Waals surface area contributed by atoms with Crippen molar-refractivity contribution in [2.75, 3.05) is 4.90 Å². The summed E-state index contributed by atoms with van der Waals surface area (Å²) in [6, 6.07) is 76.6. The smallest absolute Gasteiger partial charge is 0.137 e. The minimum absolute atomic E-state index is 0.865. The normalized spacial score (nSPS) is 11.6. The monoisotopic (exact) mass is 713 g/mol. The van der Waals surface area contributed by atoms with Crippen molar-refractivity contribution in [2.24, 2.45) is 0 Å². The standard InChI is InChI=1S/C54H35NO/c1-3-17-44-37(12-1)14-10-21-46(44)42-15-9-16-43(34-42)55(51-23-11-25-53-54(51)48-20-6-8-24-52(48)56-53)50-22-7-5-19-47(50)39-28-26-36(27-29-39)41-33-32-40-31-30-38-13-2-4-18-45(38)49(40)35-41/h1-35H. The molecule has 10 aromatic carbocycles. The van der Waals surface area contributed by atoms with E-state index in [1.54, 1.807) is 0 Å². The average molecular weight is 714 g/mol. The van der Waals surface area contributed by atoms with Gasteiger partial charge in [0.2, 0.25) is 0 Å². The van der Waals surface area contributed by atoms with Crippen molar-refractivity contribution in [3.05, 3.63) is 212 Å². The first-order chi connectivity index (χ1) is 27.8. The zero-order valence-corrected chi connectivity index (χ0v) is 30.6. The molecule has 0 aliphatic rings. The molecule has 0 bridgehead atoms. The van der Waals surface area contributed by atoms with Gasteiger partial charge in [0.25, 0.3) is 0 Å². The molecule has 2 heteroatoms. The van der Waals surface area contributed by atoms with Crippen molar-refractivity contribution in [3.8, 4) is 33.4 Å². The van der Waals surface area contributed by atoms with Crippen molar-refractivity contribution in [2.45, 2.75) is 0 Å². The van der Waals surface area contributed by atoms with E-state index < -0.39 is 0 Å². The van der Waals surface area contributed by atoms with E-state index in [4.69, 9.17) is 4.42 Å². The van der Waals surface area contributed by atoms with Crippen LogP contribution in [0.15, 0.2) is 217 Å². The fourth-order valence-corrected chi connectivity index (χ4v) is 8.58. The SMILES string of the molecule is c1cc(-c2cccc3ccccc23)cc(N(c2ccccc2-c2ccc(-c3ccc4ccc5ccccc5c4c3)cc2)c2cccc3oc4ccccc4c23)c1. The van der Waals surface area contributed by atoms with Gasteiger partial charge in [-0.05, 0) is 103 Å². The van der Waals surface area contributed by atoms with Crippen LogP contribution in [0.1, 0.15) is 0 Å². The summed E-state index contributed by atoms with van der Waals surface area (Å²) in [4.78, 5) is 2.41. The van der Waals surface area contributed by atoms with Gasteiger partial charge >= 0.3 is 0 Å². The summed E-state index contributed by atoms with van der Waals surface area (Å²) in [6.45, 7) is 0. The van der Waals surface area contributed by atoms with Crippen LogP contribution >= 0.6 is 0 Å². The van der Waals surface area contributed by atoms with Crippen LogP contribution in [0.25, 0.3) is 87.6 Å². The average Bonchev–Trinajstić information content (AvgIpc) is 3.66. The van der Waals surface area contributed by atoms with Crippen LogP contribution in [0.5, 0.6) is 0 Å². The lowest BCUT2D eigenvalue weighted by Crippen LogP contribution is -2.11. The van der Waals surface area contributed by atoms with Gasteiger partial charge in [0.05, 0.1) is 16.8 Å². The molecule has 0 saturated carbocycles. The Bertz CT molecular complexity index is 3260. The highest BCUT2D eigenvalue weighted by Crippen LogP contribution is 2.47. The molecule has 0 unspecified atom stereocenters. The van der Waals surface area contributed by atoms with Gasteiger partial charge in [-0.25, -0.2) is 0 Å². The van der Waals surface area contributed by atoms with Gasteiger partial charge < -0.3 is 9.32 Å². The third-order valence-corrected chi connectivity index (χ3v) is 11.2. The largest absolute Gasteiger partial charge is 0.456 e. The van der Waals surface area contributed by atoms with E-state index in [2.05, 4.69) is 211 Å². The highest BCUT2D eigenvalue weighted by molar-refractivity contribution is 6.14. The van der Waals surface area contributed by atoms with Crippen LogP contribution in [-0.2, 0) is 0 Å². The molecule has 56 heavy (non-hydrogen) atoms. The van der Waals surface area contributed by atoms with Crippen LogP contribution < -0.4 is 4.90 Å². The molecule has 262 valence electrons. The molecule has 0 aliphatic heterocycles. The van der Waals surface area contributed by atoms with Crippen LogP contribution in [0, 0.1) is 0 Å². The second-order valence-corrected chi connectivity index (χ2v) is 14.5. The second-order valence-electron chi connectivity index (χ2n) is 14.5. The van der Waals surface area contributed by atoms with Gasteiger partial charge in [-0.2, -0.15) is 0 Å². The van der Waals surface area contributed by atoms with E-state index in [9.17, 15) is 0 Å². The molecule has 0 N–H and O–H groups in total. The van der Waals surface area contributed by atoms with Gasteiger partial charge in [0, 0.05) is 16.6 Å². The Kier molecular flexibility index (Phi) is 7.53. The molecule has 1 heterocycles. The van der Waals surface area contributed by atoms with Crippen LogP contribution in [0.3, 0.4) is 0 Å². The van der Waals surface area contributed by atoms with Crippen molar-refractivity contribution in [3.63, 3.8) is 0 Å². The number of fused-ring (bicyclic) bond motifs is 7. The number of hydrogen-bond donors (Lipinski definition) is 0. The molecule has 0 aliphatic carbocycles. The first-order valence-electron chi connectivity index (χ1n) is 19.2.